The van der Waals surface area contributed by atoms with Gasteiger partial charge in [-0.15, -0.1) is 0 Å². The number of para-hydroxylation sites is 2. The highest BCUT2D eigenvalue weighted by Gasteiger charge is 2.19. The molecule has 0 saturated carbocycles. The van der Waals surface area contributed by atoms with Gasteiger partial charge in [-0.05, 0) is 44.7 Å². The zero-order valence-corrected chi connectivity index (χ0v) is 12.6. The van der Waals surface area contributed by atoms with Crippen molar-refractivity contribution in [3.8, 4) is 11.5 Å². The molecule has 1 aliphatic rings. The van der Waals surface area contributed by atoms with E-state index in [2.05, 4.69) is 24.1 Å². The summed E-state index contributed by atoms with van der Waals surface area (Å²) >= 11 is 0. The summed E-state index contributed by atoms with van der Waals surface area (Å²) in [6.45, 7) is 10.3. The molecule has 1 aliphatic heterocycles. The van der Waals surface area contributed by atoms with E-state index in [9.17, 15) is 0 Å². The smallest absolute Gasteiger partial charge is 0.161 e. The van der Waals surface area contributed by atoms with Gasteiger partial charge in [0, 0.05) is 6.54 Å². The van der Waals surface area contributed by atoms with Gasteiger partial charge in [-0.25, -0.2) is 0 Å². The first-order chi connectivity index (χ1) is 9.83. The van der Waals surface area contributed by atoms with Crippen LogP contribution in [0.2, 0.25) is 0 Å². The predicted octanol–water partition coefficient (Wildman–Crippen LogP) is 2.15. The third-order valence-corrected chi connectivity index (χ3v) is 3.66. The van der Waals surface area contributed by atoms with E-state index in [4.69, 9.17) is 9.47 Å². The first kappa shape index (κ1) is 15.1. The molecule has 0 spiro atoms. The van der Waals surface area contributed by atoms with Crippen molar-refractivity contribution >= 4 is 0 Å². The lowest BCUT2D eigenvalue weighted by Gasteiger charge is -2.26. The molecule has 0 bridgehead atoms. The molecule has 0 aromatic heterocycles. The van der Waals surface area contributed by atoms with Gasteiger partial charge in [0.15, 0.2) is 11.5 Å². The number of fused-ring (bicyclic) bond motifs is 1. The normalized spacial score (nSPS) is 17.4. The molecule has 1 unspecified atom stereocenters. The fourth-order valence-corrected chi connectivity index (χ4v) is 2.39. The van der Waals surface area contributed by atoms with Crippen LogP contribution in [0.5, 0.6) is 11.5 Å². The minimum Gasteiger partial charge on any atom is -0.486 e. The van der Waals surface area contributed by atoms with Crippen molar-refractivity contribution in [2.75, 3.05) is 39.3 Å². The van der Waals surface area contributed by atoms with Crippen LogP contribution in [-0.4, -0.2) is 50.3 Å². The lowest BCUT2D eigenvalue weighted by atomic mass is 10.2. The third-order valence-electron chi connectivity index (χ3n) is 3.66. The summed E-state index contributed by atoms with van der Waals surface area (Å²) in [5.41, 5.74) is 0. The molecule has 1 heterocycles. The first-order valence-corrected chi connectivity index (χ1v) is 7.65. The SMILES string of the molecule is CCN(CC)CCCNCC1COc2ccccc2O1. The predicted molar refractivity (Wildman–Crippen MR) is 81.6 cm³/mol. The Bertz CT molecular complexity index is 394. The second-order valence-electron chi connectivity index (χ2n) is 5.08. The molecule has 1 aromatic rings. The Labute approximate surface area is 122 Å². The monoisotopic (exact) mass is 278 g/mol. The number of hydrogen-bond acceptors (Lipinski definition) is 4. The molecule has 20 heavy (non-hydrogen) atoms. The van der Waals surface area contributed by atoms with Crippen LogP contribution in [0.3, 0.4) is 0 Å². The van der Waals surface area contributed by atoms with Crippen molar-refractivity contribution in [3.05, 3.63) is 24.3 Å². The average Bonchev–Trinajstić information content (AvgIpc) is 2.51. The molecule has 4 nitrogen and oxygen atoms in total. The molecular weight excluding hydrogens is 252 g/mol. The topological polar surface area (TPSA) is 33.7 Å². The maximum absolute atomic E-state index is 5.90. The van der Waals surface area contributed by atoms with E-state index < -0.39 is 0 Å². The first-order valence-electron chi connectivity index (χ1n) is 7.65. The highest BCUT2D eigenvalue weighted by molar-refractivity contribution is 5.40. The van der Waals surface area contributed by atoms with Crippen molar-refractivity contribution < 1.29 is 9.47 Å². The summed E-state index contributed by atoms with van der Waals surface area (Å²) in [4.78, 5) is 2.44. The summed E-state index contributed by atoms with van der Waals surface area (Å²) < 4.78 is 11.6. The highest BCUT2D eigenvalue weighted by atomic mass is 16.6. The maximum Gasteiger partial charge on any atom is 0.161 e. The van der Waals surface area contributed by atoms with Crippen LogP contribution in [-0.2, 0) is 0 Å². The van der Waals surface area contributed by atoms with Crippen LogP contribution in [0.25, 0.3) is 0 Å². The van der Waals surface area contributed by atoms with Gasteiger partial charge in [0.1, 0.15) is 12.7 Å². The Morgan fingerprint density at radius 2 is 1.95 bits per heavy atom. The zero-order valence-electron chi connectivity index (χ0n) is 12.6. The zero-order chi connectivity index (χ0) is 14.2. The van der Waals surface area contributed by atoms with E-state index in [0.29, 0.717) is 6.61 Å². The fraction of sp³-hybridized carbons (Fsp3) is 0.625. The van der Waals surface area contributed by atoms with Crippen LogP contribution < -0.4 is 14.8 Å². The Balaban J connectivity index is 1.62. The molecule has 1 aromatic carbocycles. The average molecular weight is 278 g/mol. The summed E-state index contributed by atoms with van der Waals surface area (Å²) in [6.07, 6.45) is 1.28. The van der Waals surface area contributed by atoms with Crippen molar-refractivity contribution in [1.82, 2.24) is 10.2 Å². The van der Waals surface area contributed by atoms with Gasteiger partial charge < -0.3 is 19.7 Å². The van der Waals surface area contributed by atoms with Gasteiger partial charge >= 0.3 is 0 Å². The van der Waals surface area contributed by atoms with Crippen LogP contribution >= 0.6 is 0 Å². The van der Waals surface area contributed by atoms with Crippen molar-refractivity contribution in [3.63, 3.8) is 0 Å². The number of benzene rings is 1. The van der Waals surface area contributed by atoms with Gasteiger partial charge in [0.05, 0.1) is 0 Å². The van der Waals surface area contributed by atoms with E-state index in [0.717, 1.165) is 44.2 Å². The van der Waals surface area contributed by atoms with Gasteiger partial charge in [-0.3, -0.25) is 0 Å². The van der Waals surface area contributed by atoms with Crippen LogP contribution in [0.4, 0.5) is 0 Å². The number of ether oxygens (including phenoxy) is 2. The molecule has 0 fully saturated rings. The van der Waals surface area contributed by atoms with E-state index in [1.54, 1.807) is 0 Å². The fourth-order valence-electron chi connectivity index (χ4n) is 2.39. The number of hydrogen-bond donors (Lipinski definition) is 1. The molecule has 1 N–H and O–H groups in total. The number of nitrogens with one attached hydrogen (secondary N) is 1. The van der Waals surface area contributed by atoms with Gasteiger partial charge in [-0.2, -0.15) is 0 Å². The Hall–Kier alpha value is -1.26. The second kappa shape index (κ2) is 8.12. The van der Waals surface area contributed by atoms with E-state index in [1.165, 1.54) is 6.42 Å². The summed E-state index contributed by atoms with van der Waals surface area (Å²) in [7, 11) is 0. The Morgan fingerprint density at radius 1 is 1.20 bits per heavy atom. The number of rotatable bonds is 8. The van der Waals surface area contributed by atoms with Crippen LogP contribution in [0, 0.1) is 0 Å². The summed E-state index contributed by atoms with van der Waals surface area (Å²) in [5.74, 6) is 1.71. The van der Waals surface area contributed by atoms with Gasteiger partial charge in [0.2, 0.25) is 0 Å². The summed E-state index contributed by atoms with van der Waals surface area (Å²) in [5, 5.41) is 3.46. The van der Waals surface area contributed by atoms with Gasteiger partial charge in [-0.1, -0.05) is 26.0 Å². The quantitative estimate of drug-likeness (QED) is 0.739. The molecule has 0 amide bonds. The van der Waals surface area contributed by atoms with E-state index in [1.807, 2.05) is 24.3 Å². The molecular formula is C16H26N2O2. The maximum atomic E-state index is 5.90. The van der Waals surface area contributed by atoms with Crippen LogP contribution in [0.15, 0.2) is 24.3 Å². The Morgan fingerprint density at radius 3 is 2.70 bits per heavy atom. The Kier molecular flexibility index (Phi) is 6.15. The molecule has 0 saturated heterocycles. The molecule has 1 atom stereocenters. The van der Waals surface area contributed by atoms with Crippen molar-refractivity contribution in [2.24, 2.45) is 0 Å². The van der Waals surface area contributed by atoms with Crippen molar-refractivity contribution in [2.45, 2.75) is 26.4 Å². The van der Waals surface area contributed by atoms with Crippen molar-refractivity contribution in [1.29, 1.82) is 0 Å². The highest BCUT2D eigenvalue weighted by Crippen LogP contribution is 2.30. The molecule has 2 rings (SSSR count). The molecule has 4 heteroatoms. The second-order valence-corrected chi connectivity index (χ2v) is 5.08. The van der Waals surface area contributed by atoms with E-state index >= 15 is 0 Å². The van der Waals surface area contributed by atoms with Gasteiger partial charge in [0.25, 0.3) is 0 Å². The lowest BCUT2D eigenvalue weighted by Crippen LogP contribution is -2.39. The minimum atomic E-state index is 0.110. The lowest BCUT2D eigenvalue weighted by molar-refractivity contribution is 0.0903. The molecule has 0 aliphatic carbocycles. The number of nitrogens with zero attached hydrogens (tertiary/aromatic N) is 1. The van der Waals surface area contributed by atoms with E-state index in [-0.39, 0.29) is 6.10 Å². The van der Waals surface area contributed by atoms with Crippen LogP contribution in [0.1, 0.15) is 20.3 Å². The third kappa shape index (κ3) is 4.39. The molecule has 112 valence electrons. The largest absolute Gasteiger partial charge is 0.486 e. The summed E-state index contributed by atoms with van der Waals surface area (Å²) in [6, 6.07) is 7.85. The molecule has 0 radical (unpaired) electrons. The minimum absolute atomic E-state index is 0.110. The standard InChI is InChI=1S/C16H26N2O2/c1-3-18(4-2)11-7-10-17-12-14-13-19-15-8-5-6-9-16(15)20-14/h5-6,8-9,14,17H,3-4,7,10-13H2,1-2H3.